The molecule has 0 heterocycles. The number of carboxylic acid groups (broad SMARTS) is 1. The molecule has 1 N–H and O–H groups in total. The van der Waals surface area contributed by atoms with Gasteiger partial charge in [0.15, 0.2) is 0 Å². The van der Waals surface area contributed by atoms with Crippen molar-refractivity contribution < 1.29 is 14.7 Å². The number of allylic oxidation sites excluding steroid dienone is 2. The molecule has 84 valence electrons. The molecule has 1 atom stereocenters. The second-order valence-electron chi connectivity index (χ2n) is 4.05. The molecule has 1 aliphatic carbocycles. The fourth-order valence-electron chi connectivity index (χ4n) is 1.89. The zero-order chi connectivity index (χ0) is 11.1. The Morgan fingerprint density at radius 1 is 1.47 bits per heavy atom. The molecule has 15 heavy (non-hydrogen) atoms. The number of hydrogen-bond donors (Lipinski definition) is 1. The Hall–Kier alpha value is -1.12. The van der Waals surface area contributed by atoms with Gasteiger partial charge in [0.1, 0.15) is 5.78 Å². The zero-order valence-corrected chi connectivity index (χ0v) is 8.95. The highest BCUT2D eigenvalue weighted by atomic mass is 16.4. The van der Waals surface area contributed by atoms with E-state index in [1.54, 1.807) is 0 Å². The molecule has 0 aromatic rings. The summed E-state index contributed by atoms with van der Waals surface area (Å²) in [7, 11) is 0. The second kappa shape index (κ2) is 6.38. The fourth-order valence-corrected chi connectivity index (χ4v) is 1.89. The van der Waals surface area contributed by atoms with Crippen molar-refractivity contribution in [3.8, 4) is 0 Å². The Labute approximate surface area is 90.2 Å². The first-order valence-corrected chi connectivity index (χ1v) is 5.59. The number of rotatable bonds is 6. The SMILES string of the molecule is O=C(O)CCCC=CCC1CCCC1=O. The molecule has 0 saturated heterocycles. The van der Waals surface area contributed by atoms with Gasteiger partial charge in [0.05, 0.1) is 0 Å². The summed E-state index contributed by atoms with van der Waals surface area (Å²) in [4.78, 5) is 21.5. The molecule has 1 unspecified atom stereocenters. The molecular weight excluding hydrogens is 192 g/mol. The van der Waals surface area contributed by atoms with E-state index in [2.05, 4.69) is 0 Å². The molecule has 0 radical (unpaired) electrons. The van der Waals surface area contributed by atoms with Crippen molar-refractivity contribution in [2.24, 2.45) is 5.92 Å². The van der Waals surface area contributed by atoms with Crippen molar-refractivity contribution in [1.82, 2.24) is 0 Å². The van der Waals surface area contributed by atoms with Gasteiger partial charge in [0.25, 0.3) is 0 Å². The van der Waals surface area contributed by atoms with Crippen LogP contribution in [0.1, 0.15) is 44.9 Å². The molecule has 1 rings (SSSR count). The van der Waals surface area contributed by atoms with Crippen LogP contribution in [0.25, 0.3) is 0 Å². The van der Waals surface area contributed by atoms with Gasteiger partial charge in [-0.2, -0.15) is 0 Å². The predicted octanol–water partition coefficient (Wildman–Crippen LogP) is 2.56. The predicted molar refractivity (Wildman–Crippen MR) is 57.6 cm³/mol. The van der Waals surface area contributed by atoms with Crippen molar-refractivity contribution >= 4 is 11.8 Å². The van der Waals surface area contributed by atoms with E-state index in [9.17, 15) is 9.59 Å². The van der Waals surface area contributed by atoms with E-state index in [4.69, 9.17) is 5.11 Å². The minimum atomic E-state index is -0.741. The molecule has 0 spiro atoms. The van der Waals surface area contributed by atoms with Gasteiger partial charge in [-0.1, -0.05) is 12.2 Å². The maximum Gasteiger partial charge on any atom is 0.303 e. The number of carboxylic acids is 1. The standard InChI is InChI=1S/C12H18O3/c13-11-8-5-7-10(11)6-3-1-2-4-9-12(14)15/h1,3,10H,2,4-9H2,(H,14,15). The van der Waals surface area contributed by atoms with Gasteiger partial charge < -0.3 is 5.11 Å². The molecule has 1 fully saturated rings. The van der Waals surface area contributed by atoms with Crippen LogP contribution in [-0.4, -0.2) is 16.9 Å². The number of ketones is 1. The minimum absolute atomic E-state index is 0.229. The van der Waals surface area contributed by atoms with Crippen molar-refractivity contribution in [2.75, 3.05) is 0 Å². The van der Waals surface area contributed by atoms with Crippen LogP contribution < -0.4 is 0 Å². The highest BCUT2D eigenvalue weighted by Gasteiger charge is 2.22. The first kappa shape index (κ1) is 12.0. The van der Waals surface area contributed by atoms with E-state index in [1.807, 2.05) is 12.2 Å². The number of aliphatic carboxylic acids is 1. The Morgan fingerprint density at radius 2 is 2.27 bits per heavy atom. The Morgan fingerprint density at radius 3 is 2.87 bits per heavy atom. The number of carbonyl (C=O) groups excluding carboxylic acids is 1. The molecule has 3 heteroatoms. The van der Waals surface area contributed by atoms with Crippen LogP contribution in [0.4, 0.5) is 0 Å². The van der Waals surface area contributed by atoms with Gasteiger partial charge in [0, 0.05) is 18.8 Å². The lowest BCUT2D eigenvalue weighted by Crippen LogP contribution is -2.04. The largest absolute Gasteiger partial charge is 0.481 e. The highest BCUT2D eigenvalue weighted by Crippen LogP contribution is 2.24. The zero-order valence-electron chi connectivity index (χ0n) is 8.95. The summed E-state index contributed by atoms with van der Waals surface area (Å²) in [6.45, 7) is 0. The first-order valence-electron chi connectivity index (χ1n) is 5.59. The third kappa shape index (κ3) is 4.77. The van der Waals surface area contributed by atoms with Gasteiger partial charge in [-0.05, 0) is 32.1 Å². The molecule has 0 aromatic heterocycles. The summed E-state index contributed by atoms with van der Waals surface area (Å²) in [6, 6.07) is 0. The molecule has 0 amide bonds. The van der Waals surface area contributed by atoms with Crippen molar-refractivity contribution in [1.29, 1.82) is 0 Å². The topological polar surface area (TPSA) is 54.4 Å². The van der Waals surface area contributed by atoms with Gasteiger partial charge in [-0.3, -0.25) is 9.59 Å². The van der Waals surface area contributed by atoms with E-state index in [0.29, 0.717) is 12.2 Å². The monoisotopic (exact) mass is 210 g/mol. The molecular formula is C12H18O3. The van der Waals surface area contributed by atoms with Crippen LogP contribution in [0.2, 0.25) is 0 Å². The minimum Gasteiger partial charge on any atom is -0.481 e. The Kier molecular flexibility index (Phi) is 5.08. The van der Waals surface area contributed by atoms with E-state index >= 15 is 0 Å². The van der Waals surface area contributed by atoms with Crippen LogP contribution in [0.15, 0.2) is 12.2 Å². The highest BCUT2D eigenvalue weighted by molar-refractivity contribution is 5.82. The van der Waals surface area contributed by atoms with E-state index < -0.39 is 5.97 Å². The lowest BCUT2D eigenvalue weighted by atomic mass is 10.0. The van der Waals surface area contributed by atoms with E-state index in [1.165, 1.54) is 0 Å². The third-order valence-corrected chi connectivity index (χ3v) is 2.78. The van der Waals surface area contributed by atoms with Crippen molar-refractivity contribution in [3.05, 3.63) is 12.2 Å². The smallest absolute Gasteiger partial charge is 0.303 e. The Balaban J connectivity index is 2.06. The van der Waals surface area contributed by atoms with Gasteiger partial charge in [0.2, 0.25) is 0 Å². The lowest BCUT2D eigenvalue weighted by molar-refractivity contribution is -0.137. The maximum atomic E-state index is 11.3. The fraction of sp³-hybridized carbons (Fsp3) is 0.667. The van der Waals surface area contributed by atoms with Gasteiger partial charge in [-0.15, -0.1) is 0 Å². The van der Waals surface area contributed by atoms with Crippen LogP contribution in [0.5, 0.6) is 0 Å². The normalized spacial score (nSPS) is 21.3. The number of Topliss-reactive ketones (excluding diaryl/α,β-unsaturated/α-hetero) is 1. The number of carbonyl (C=O) groups is 2. The van der Waals surface area contributed by atoms with Crippen molar-refractivity contribution in [2.45, 2.75) is 44.9 Å². The quantitative estimate of drug-likeness (QED) is 0.541. The van der Waals surface area contributed by atoms with Crippen LogP contribution in [0.3, 0.4) is 0 Å². The van der Waals surface area contributed by atoms with Crippen LogP contribution >= 0.6 is 0 Å². The third-order valence-electron chi connectivity index (χ3n) is 2.78. The lowest BCUT2D eigenvalue weighted by Gasteiger charge is -2.01. The maximum absolute atomic E-state index is 11.3. The summed E-state index contributed by atoms with van der Waals surface area (Å²) in [5.74, 6) is -0.111. The molecule has 1 saturated carbocycles. The summed E-state index contributed by atoms with van der Waals surface area (Å²) in [6.07, 6.45) is 9.38. The van der Waals surface area contributed by atoms with E-state index in [-0.39, 0.29) is 12.3 Å². The summed E-state index contributed by atoms with van der Waals surface area (Å²) in [5.41, 5.74) is 0. The first-order chi connectivity index (χ1) is 7.20. The van der Waals surface area contributed by atoms with Gasteiger partial charge in [-0.25, -0.2) is 0 Å². The Bertz CT molecular complexity index is 256. The summed E-state index contributed by atoms with van der Waals surface area (Å²) in [5, 5.41) is 8.41. The average Bonchev–Trinajstić information content (AvgIpc) is 2.57. The number of unbranched alkanes of at least 4 members (excludes halogenated alkanes) is 1. The molecule has 0 aliphatic heterocycles. The van der Waals surface area contributed by atoms with Crippen LogP contribution in [-0.2, 0) is 9.59 Å². The van der Waals surface area contributed by atoms with E-state index in [0.717, 1.165) is 32.1 Å². The molecule has 0 bridgehead atoms. The second-order valence-corrected chi connectivity index (χ2v) is 4.05. The van der Waals surface area contributed by atoms with Crippen molar-refractivity contribution in [3.63, 3.8) is 0 Å². The number of hydrogen-bond acceptors (Lipinski definition) is 2. The van der Waals surface area contributed by atoms with Gasteiger partial charge >= 0.3 is 5.97 Å². The molecule has 1 aliphatic rings. The van der Waals surface area contributed by atoms with Crippen LogP contribution in [0, 0.1) is 5.92 Å². The summed E-state index contributed by atoms with van der Waals surface area (Å²) >= 11 is 0. The average molecular weight is 210 g/mol. The molecule has 0 aromatic carbocycles. The molecule has 3 nitrogen and oxygen atoms in total. The summed E-state index contributed by atoms with van der Waals surface area (Å²) < 4.78 is 0.